The van der Waals surface area contributed by atoms with Gasteiger partial charge in [-0.1, -0.05) is 6.07 Å². The summed E-state index contributed by atoms with van der Waals surface area (Å²) in [5, 5.41) is 10.5. The second-order valence-electron chi connectivity index (χ2n) is 4.48. The van der Waals surface area contributed by atoms with E-state index in [0.29, 0.717) is 6.42 Å². The highest BCUT2D eigenvalue weighted by molar-refractivity contribution is 5.79. The third kappa shape index (κ3) is 2.24. The summed E-state index contributed by atoms with van der Waals surface area (Å²) in [5.74, 6) is 0.718. The van der Waals surface area contributed by atoms with E-state index in [1.807, 2.05) is 24.3 Å². The van der Waals surface area contributed by atoms with Gasteiger partial charge >= 0.3 is 0 Å². The van der Waals surface area contributed by atoms with Crippen molar-refractivity contribution in [2.45, 2.75) is 31.5 Å². The molecule has 1 radical (unpaired) electrons. The number of aliphatic hydroxyl groups is 1. The molecule has 0 bridgehead atoms. The molecule has 2 atom stereocenters. The molecule has 1 N–H and O–H groups in total. The number of pyridine rings is 1. The molecule has 2 unspecified atom stereocenters. The molecule has 3 rings (SSSR count). The summed E-state index contributed by atoms with van der Waals surface area (Å²) in [6.45, 7) is 0. The van der Waals surface area contributed by atoms with Gasteiger partial charge in [-0.2, -0.15) is 0 Å². The van der Waals surface area contributed by atoms with E-state index >= 15 is 0 Å². The SMILES string of the molecule is OC1CCC(Oc2[c]cc3cccnc3c2)C1. The lowest BCUT2D eigenvalue weighted by atomic mass is 10.2. The highest BCUT2D eigenvalue weighted by Crippen LogP contribution is 2.26. The van der Waals surface area contributed by atoms with Crippen molar-refractivity contribution >= 4 is 10.9 Å². The lowest BCUT2D eigenvalue weighted by Gasteiger charge is -2.13. The van der Waals surface area contributed by atoms with Crippen molar-refractivity contribution in [1.82, 2.24) is 4.98 Å². The summed E-state index contributed by atoms with van der Waals surface area (Å²) in [4.78, 5) is 4.28. The summed E-state index contributed by atoms with van der Waals surface area (Å²) < 4.78 is 5.80. The first-order valence-corrected chi connectivity index (χ1v) is 5.92. The van der Waals surface area contributed by atoms with E-state index in [-0.39, 0.29) is 12.2 Å². The minimum absolute atomic E-state index is 0.113. The van der Waals surface area contributed by atoms with Gasteiger partial charge in [0.2, 0.25) is 0 Å². The smallest absolute Gasteiger partial charge is 0.129 e. The van der Waals surface area contributed by atoms with Gasteiger partial charge in [0.05, 0.1) is 11.6 Å². The van der Waals surface area contributed by atoms with Crippen molar-refractivity contribution in [3.63, 3.8) is 0 Å². The summed E-state index contributed by atoms with van der Waals surface area (Å²) in [6.07, 6.45) is 4.13. The number of rotatable bonds is 2. The summed E-state index contributed by atoms with van der Waals surface area (Å²) >= 11 is 0. The van der Waals surface area contributed by atoms with Crippen molar-refractivity contribution in [2.24, 2.45) is 0 Å². The molecule has 3 nitrogen and oxygen atoms in total. The quantitative estimate of drug-likeness (QED) is 0.857. The molecule has 3 heteroatoms. The average molecular weight is 228 g/mol. The second-order valence-corrected chi connectivity index (χ2v) is 4.48. The predicted octanol–water partition coefficient (Wildman–Crippen LogP) is 2.33. The topological polar surface area (TPSA) is 42.4 Å². The number of hydrogen-bond acceptors (Lipinski definition) is 3. The van der Waals surface area contributed by atoms with Gasteiger partial charge in [-0.25, -0.2) is 0 Å². The summed E-state index contributed by atoms with van der Waals surface area (Å²) in [6, 6.07) is 10.8. The van der Waals surface area contributed by atoms with Crippen LogP contribution in [0.1, 0.15) is 19.3 Å². The fourth-order valence-electron chi connectivity index (χ4n) is 2.26. The fourth-order valence-corrected chi connectivity index (χ4v) is 2.26. The summed E-state index contributed by atoms with van der Waals surface area (Å²) in [7, 11) is 0. The van der Waals surface area contributed by atoms with Gasteiger partial charge in [0.1, 0.15) is 11.9 Å². The Hall–Kier alpha value is -1.61. The maximum atomic E-state index is 9.45. The number of fused-ring (bicyclic) bond motifs is 1. The van der Waals surface area contributed by atoms with Crippen LogP contribution in [0, 0.1) is 6.07 Å². The average Bonchev–Trinajstić information content (AvgIpc) is 2.75. The zero-order valence-corrected chi connectivity index (χ0v) is 9.47. The number of aromatic nitrogens is 1. The third-order valence-electron chi connectivity index (χ3n) is 3.16. The first kappa shape index (κ1) is 10.5. The highest BCUT2D eigenvalue weighted by atomic mass is 16.5. The van der Waals surface area contributed by atoms with Crippen LogP contribution in [0.15, 0.2) is 30.5 Å². The molecule has 0 aliphatic heterocycles. The molecule has 1 saturated carbocycles. The summed E-state index contributed by atoms with van der Waals surface area (Å²) in [5.41, 5.74) is 0.916. The van der Waals surface area contributed by atoms with Gasteiger partial charge in [0.25, 0.3) is 0 Å². The molecule has 1 heterocycles. The third-order valence-corrected chi connectivity index (χ3v) is 3.16. The highest BCUT2D eigenvalue weighted by Gasteiger charge is 2.24. The lowest BCUT2D eigenvalue weighted by molar-refractivity contribution is 0.149. The Bertz CT molecular complexity index is 526. The van der Waals surface area contributed by atoms with E-state index in [1.165, 1.54) is 0 Å². The molecule has 1 aromatic heterocycles. The molecular weight excluding hydrogens is 214 g/mol. The minimum Gasteiger partial charge on any atom is -0.490 e. The molecule has 2 aromatic rings. The number of aliphatic hydroxyl groups excluding tert-OH is 1. The number of hydrogen-bond donors (Lipinski definition) is 1. The Morgan fingerprint density at radius 2 is 2.35 bits per heavy atom. The van der Waals surface area contributed by atoms with Gasteiger partial charge in [-0.3, -0.25) is 4.98 Å². The zero-order chi connectivity index (χ0) is 11.7. The first-order chi connectivity index (χ1) is 8.31. The molecule has 1 aliphatic rings. The monoisotopic (exact) mass is 228 g/mol. The van der Waals surface area contributed by atoms with Crippen LogP contribution in [-0.4, -0.2) is 22.3 Å². The van der Waals surface area contributed by atoms with E-state index in [4.69, 9.17) is 4.74 Å². The maximum absolute atomic E-state index is 9.45. The van der Waals surface area contributed by atoms with Crippen LogP contribution in [0.4, 0.5) is 0 Å². The van der Waals surface area contributed by atoms with Crippen LogP contribution >= 0.6 is 0 Å². The van der Waals surface area contributed by atoms with Crippen LogP contribution in [0.5, 0.6) is 5.75 Å². The van der Waals surface area contributed by atoms with Crippen LogP contribution in [-0.2, 0) is 0 Å². The van der Waals surface area contributed by atoms with Crippen molar-refractivity contribution in [3.05, 3.63) is 36.5 Å². The molecule has 17 heavy (non-hydrogen) atoms. The Morgan fingerprint density at radius 1 is 1.41 bits per heavy atom. The number of nitrogens with zero attached hydrogens (tertiary/aromatic N) is 1. The van der Waals surface area contributed by atoms with Gasteiger partial charge < -0.3 is 9.84 Å². The van der Waals surface area contributed by atoms with Crippen LogP contribution in [0.3, 0.4) is 0 Å². The molecule has 0 spiro atoms. The van der Waals surface area contributed by atoms with E-state index in [0.717, 1.165) is 29.5 Å². The molecule has 0 amide bonds. The first-order valence-electron chi connectivity index (χ1n) is 5.92. The van der Waals surface area contributed by atoms with Gasteiger partial charge in [-0.15, -0.1) is 0 Å². The Morgan fingerprint density at radius 3 is 3.18 bits per heavy atom. The van der Waals surface area contributed by atoms with E-state index in [2.05, 4.69) is 11.1 Å². The van der Waals surface area contributed by atoms with Gasteiger partial charge in [-0.05, 0) is 25.0 Å². The van der Waals surface area contributed by atoms with Crippen LogP contribution in [0.25, 0.3) is 10.9 Å². The van der Waals surface area contributed by atoms with Crippen molar-refractivity contribution < 1.29 is 9.84 Å². The van der Waals surface area contributed by atoms with Crippen molar-refractivity contribution in [1.29, 1.82) is 0 Å². The van der Waals surface area contributed by atoms with Crippen LogP contribution < -0.4 is 4.74 Å². The predicted molar refractivity (Wildman–Crippen MR) is 64.9 cm³/mol. The fraction of sp³-hybridized carbons (Fsp3) is 0.357. The number of ether oxygens (including phenoxy) is 1. The minimum atomic E-state index is -0.210. The maximum Gasteiger partial charge on any atom is 0.129 e. The Kier molecular flexibility index (Phi) is 2.69. The van der Waals surface area contributed by atoms with Crippen LogP contribution in [0.2, 0.25) is 0 Å². The van der Waals surface area contributed by atoms with Gasteiger partial charge in [0, 0.05) is 30.1 Å². The lowest BCUT2D eigenvalue weighted by Crippen LogP contribution is -2.13. The largest absolute Gasteiger partial charge is 0.490 e. The molecule has 1 aliphatic carbocycles. The molecule has 0 saturated heterocycles. The van der Waals surface area contributed by atoms with E-state index < -0.39 is 0 Å². The van der Waals surface area contributed by atoms with E-state index in [9.17, 15) is 5.11 Å². The molecular formula is C14H14NO2. The standard InChI is InChI=1S/C14H14NO2/c16-11-4-6-12(8-11)17-13-5-3-10-2-1-7-15-14(10)9-13/h1-3,7,9,11-12,16H,4,6,8H2. The second kappa shape index (κ2) is 4.34. The van der Waals surface area contributed by atoms with Crippen molar-refractivity contribution in [3.8, 4) is 5.75 Å². The molecule has 1 fully saturated rings. The van der Waals surface area contributed by atoms with E-state index in [1.54, 1.807) is 6.20 Å². The molecule has 1 aromatic carbocycles. The molecule has 87 valence electrons. The van der Waals surface area contributed by atoms with Gasteiger partial charge in [0.15, 0.2) is 0 Å². The Balaban J connectivity index is 1.81. The zero-order valence-electron chi connectivity index (χ0n) is 9.47. The number of benzene rings is 1. The Labute approximate surface area is 100 Å². The van der Waals surface area contributed by atoms with Crippen molar-refractivity contribution in [2.75, 3.05) is 0 Å². The normalized spacial score (nSPS) is 24.1.